The zero-order valence-corrected chi connectivity index (χ0v) is 8.36. The van der Waals surface area contributed by atoms with E-state index in [2.05, 4.69) is 4.98 Å². The summed E-state index contributed by atoms with van der Waals surface area (Å²) in [4.78, 5) is 26.5. The van der Waals surface area contributed by atoms with Gasteiger partial charge in [0, 0.05) is 24.4 Å². The summed E-state index contributed by atoms with van der Waals surface area (Å²) in [5.41, 5.74) is -0.0234. The lowest BCUT2D eigenvalue weighted by atomic mass is 10.2. The molecule has 0 bridgehead atoms. The largest absolute Gasteiger partial charge is 0.329 e. The molecule has 0 saturated heterocycles. The average molecular weight is 205 g/mol. The molecule has 0 aliphatic carbocycles. The van der Waals surface area contributed by atoms with Crippen molar-refractivity contribution in [3.8, 4) is 6.07 Å². The number of hydrogen-bond donors (Lipinski definition) is 1. The molecule has 0 saturated carbocycles. The molecule has 1 rings (SSSR count). The Morgan fingerprint density at radius 2 is 2.40 bits per heavy atom. The average Bonchev–Trinajstić information content (AvgIpc) is 2.25. The molecule has 0 aliphatic heterocycles. The smallest absolute Gasteiger partial charge is 0.254 e. The highest BCUT2D eigenvalue weighted by molar-refractivity contribution is 5.94. The number of pyridine rings is 1. The van der Waals surface area contributed by atoms with Crippen molar-refractivity contribution in [2.45, 2.75) is 6.92 Å². The molecule has 0 spiro atoms. The van der Waals surface area contributed by atoms with Crippen LogP contribution in [0.4, 0.5) is 0 Å². The molecule has 0 aromatic carbocycles. The Hall–Kier alpha value is -2.09. The molecule has 0 radical (unpaired) electrons. The van der Waals surface area contributed by atoms with Gasteiger partial charge in [0.15, 0.2) is 0 Å². The summed E-state index contributed by atoms with van der Waals surface area (Å²) in [6, 6.07) is 4.65. The highest BCUT2D eigenvalue weighted by Gasteiger charge is 2.13. The van der Waals surface area contributed by atoms with Gasteiger partial charge in [-0.1, -0.05) is 0 Å². The molecule has 0 atom stereocenters. The summed E-state index contributed by atoms with van der Waals surface area (Å²) in [6.07, 6.45) is 1.41. The Balaban J connectivity index is 2.93. The number of aromatic amines is 1. The Morgan fingerprint density at radius 1 is 1.67 bits per heavy atom. The van der Waals surface area contributed by atoms with Gasteiger partial charge >= 0.3 is 0 Å². The van der Waals surface area contributed by atoms with Crippen molar-refractivity contribution in [2.75, 3.05) is 13.1 Å². The Labute approximate surface area is 87.0 Å². The fourth-order valence-corrected chi connectivity index (χ4v) is 1.17. The van der Waals surface area contributed by atoms with Crippen LogP contribution in [0.1, 0.15) is 17.3 Å². The van der Waals surface area contributed by atoms with Gasteiger partial charge in [0.05, 0.1) is 6.07 Å². The topological polar surface area (TPSA) is 77.0 Å². The fraction of sp³-hybridized carbons (Fsp3) is 0.300. The first-order valence-electron chi connectivity index (χ1n) is 4.54. The molecule has 15 heavy (non-hydrogen) atoms. The SMILES string of the molecule is CCN(CC#N)C(=O)c1cc[nH]c(=O)c1. The van der Waals surface area contributed by atoms with Gasteiger partial charge in [-0.15, -0.1) is 0 Å². The molecule has 5 heteroatoms. The van der Waals surface area contributed by atoms with Crippen LogP contribution in [0.25, 0.3) is 0 Å². The molecule has 1 aromatic rings. The minimum absolute atomic E-state index is 0.0299. The van der Waals surface area contributed by atoms with E-state index in [1.807, 2.05) is 6.07 Å². The maximum Gasteiger partial charge on any atom is 0.254 e. The van der Waals surface area contributed by atoms with Gasteiger partial charge in [-0.3, -0.25) is 9.59 Å². The van der Waals surface area contributed by atoms with E-state index in [-0.39, 0.29) is 18.0 Å². The van der Waals surface area contributed by atoms with E-state index in [4.69, 9.17) is 5.26 Å². The first kappa shape index (κ1) is 11.0. The summed E-state index contributed by atoms with van der Waals surface area (Å²) in [7, 11) is 0. The molecule has 1 heterocycles. The lowest BCUT2D eigenvalue weighted by Gasteiger charge is -2.16. The van der Waals surface area contributed by atoms with Crippen molar-refractivity contribution in [1.82, 2.24) is 9.88 Å². The third kappa shape index (κ3) is 2.68. The maximum absolute atomic E-state index is 11.7. The number of H-pyrrole nitrogens is 1. The highest BCUT2D eigenvalue weighted by atomic mass is 16.2. The van der Waals surface area contributed by atoms with Gasteiger partial charge in [-0.25, -0.2) is 0 Å². The van der Waals surface area contributed by atoms with Crippen LogP contribution in [-0.4, -0.2) is 28.9 Å². The Morgan fingerprint density at radius 3 is 2.93 bits per heavy atom. The van der Waals surface area contributed by atoms with Crippen molar-refractivity contribution in [1.29, 1.82) is 5.26 Å². The molecule has 5 nitrogen and oxygen atoms in total. The minimum Gasteiger partial charge on any atom is -0.329 e. The predicted molar refractivity (Wildman–Crippen MR) is 54.3 cm³/mol. The van der Waals surface area contributed by atoms with Crippen LogP contribution in [0, 0.1) is 11.3 Å². The van der Waals surface area contributed by atoms with Crippen molar-refractivity contribution in [3.63, 3.8) is 0 Å². The van der Waals surface area contributed by atoms with E-state index in [1.165, 1.54) is 23.2 Å². The van der Waals surface area contributed by atoms with E-state index >= 15 is 0 Å². The summed E-state index contributed by atoms with van der Waals surface area (Å²) < 4.78 is 0. The maximum atomic E-state index is 11.7. The van der Waals surface area contributed by atoms with Crippen molar-refractivity contribution in [2.24, 2.45) is 0 Å². The van der Waals surface area contributed by atoms with Gasteiger partial charge in [0.2, 0.25) is 5.56 Å². The lowest BCUT2D eigenvalue weighted by Crippen LogP contribution is -2.31. The van der Waals surface area contributed by atoms with E-state index in [9.17, 15) is 9.59 Å². The second kappa shape index (κ2) is 4.96. The van der Waals surface area contributed by atoms with E-state index in [0.717, 1.165) is 0 Å². The molecular formula is C10H11N3O2. The van der Waals surface area contributed by atoms with Crippen molar-refractivity contribution in [3.05, 3.63) is 34.2 Å². The molecule has 78 valence electrons. The molecule has 1 N–H and O–H groups in total. The summed E-state index contributed by atoms with van der Waals surface area (Å²) in [5, 5.41) is 8.51. The van der Waals surface area contributed by atoms with Gasteiger partial charge in [-0.2, -0.15) is 5.26 Å². The standard InChI is InChI=1S/C10H11N3O2/c1-2-13(6-4-11)10(15)8-3-5-12-9(14)7-8/h3,5,7H,2,6H2,1H3,(H,12,14). The van der Waals surface area contributed by atoms with Crippen LogP contribution in [0.5, 0.6) is 0 Å². The molecule has 1 amide bonds. The number of hydrogen-bond acceptors (Lipinski definition) is 3. The van der Waals surface area contributed by atoms with Crippen molar-refractivity contribution < 1.29 is 4.79 Å². The molecule has 0 aliphatic rings. The summed E-state index contributed by atoms with van der Waals surface area (Å²) in [5.74, 6) is -0.301. The second-order valence-electron chi connectivity index (χ2n) is 2.92. The van der Waals surface area contributed by atoms with Crippen LogP contribution < -0.4 is 5.56 Å². The van der Waals surface area contributed by atoms with E-state index in [0.29, 0.717) is 12.1 Å². The van der Waals surface area contributed by atoms with Gasteiger partial charge < -0.3 is 9.88 Å². The van der Waals surface area contributed by atoms with Crippen LogP contribution in [0.15, 0.2) is 23.1 Å². The number of carbonyl (C=O) groups excluding carboxylic acids is 1. The van der Waals surface area contributed by atoms with Crippen LogP contribution >= 0.6 is 0 Å². The van der Waals surface area contributed by atoms with E-state index < -0.39 is 0 Å². The number of carbonyl (C=O) groups is 1. The molecule has 1 aromatic heterocycles. The molecular weight excluding hydrogens is 194 g/mol. The van der Waals surface area contributed by atoms with Crippen LogP contribution in [0.2, 0.25) is 0 Å². The second-order valence-corrected chi connectivity index (χ2v) is 2.92. The van der Waals surface area contributed by atoms with E-state index in [1.54, 1.807) is 6.92 Å². The number of amides is 1. The zero-order chi connectivity index (χ0) is 11.3. The first-order chi connectivity index (χ1) is 7.19. The zero-order valence-electron chi connectivity index (χ0n) is 8.36. The minimum atomic E-state index is -0.325. The van der Waals surface area contributed by atoms with Crippen LogP contribution in [0.3, 0.4) is 0 Å². The van der Waals surface area contributed by atoms with Crippen LogP contribution in [-0.2, 0) is 0 Å². The first-order valence-corrected chi connectivity index (χ1v) is 4.54. The number of aromatic nitrogens is 1. The van der Waals surface area contributed by atoms with Crippen molar-refractivity contribution >= 4 is 5.91 Å². The quantitative estimate of drug-likeness (QED) is 0.724. The Kier molecular flexibility index (Phi) is 3.63. The van der Waals surface area contributed by atoms with Gasteiger partial charge in [0.1, 0.15) is 6.54 Å². The number of nitrogens with one attached hydrogen (secondary N) is 1. The summed E-state index contributed by atoms with van der Waals surface area (Å²) >= 11 is 0. The highest BCUT2D eigenvalue weighted by Crippen LogP contribution is 2.00. The number of nitriles is 1. The normalized spacial score (nSPS) is 9.33. The monoisotopic (exact) mass is 205 g/mol. The van der Waals surface area contributed by atoms with Gasteiger partial charge in [0.25, 0.3) is 5.91 Å². The van der Waals surface area contributed by atoms with Gasteiger partial charge in [-0.05, 0) is 13.0 Å². The summed E-state index contributed by atoms with van der Waals surface area (Å²) in [6.45, 7) is 2.25. The third-order valence-corrected chi connectivity index (χ3v) is 1.95. The number of rotatable bonds is 3. The Bertz CT molecular complexity index is 444. The third-order valence-electron chi connectivity index (χ3n) is 1.95. The molecule has 0 unspecified atom stereocenters. The lowest BCUT2D eigenvalue weighted by molar-refractivity contribution is 0.0784. The molecule has 0 fully saturated rings. The predicted octanol–water partition coefficient (Wildman–Crippen LogP) is 0.361. The fourth-order valence-electron chi connectivity index (χ4n) is 1.17. The number of nitrogens with zero attached hydrogens (tertiary/aromatic N) is 2.